The van der Waals surface area contributed by atoms with Gasteiger partial charge in [0.1, 0.15) is 0 Å². The zero-order valence-corrected chi connectivity index (χ0v) is 13.1. The average Bonchev–Trinajstić information content (AvgIpc) is 2.61. The maximum absolute atomic E-state index is 11.8. The van der Waals surface area contributed by atoms with Crippen molar-refractivity contribution in [3.8, 4) is 0 Å². The molecule has 0 aromatic heterocycles. The highest BCUT2D eigenvalue weighted by Crippen LogP contribution is 2.25. The summed E-state index contributed by atoms with van der Waals surface area (Å²) in [5.41, 5.74) is 0.178. The maximum Gasteiger partial charge on any atom is 0.151 e. The van der Waals surface area contributed by atoms with E-state index in [0.29, 0.717) is 11.5 Å². The van der Waals surface area contributed by atoms with Crippen molar-refractivity contribution in [2.24, 2.45) is 0 Å². The molecule has 112 valence electrons. The summed E-state index contributed by atoms with van der Waals surface area (Å²) in [7, 11) is -2.81. The van der Waals surface area contributed by atoms with Gasteiger partial charge in [-0.25, -0.2) is 8.42 Å². The molecule has 0 bridgehead atoms. The molecule has 2 aliphatic heterocycles. The minimum atomic E-state index is -2.81. The fourth-order valence-electron chi connectivity index (χ4n) is 3.48. The van der Waals surface area contributed by atoms with E-state index < -0.39 is 9.84 Å². The van der Waals surface area contributed by atoms with E-state index in [0.717, 1.165) is 51.7 Å². The van der Waals surface area contributed by atoms with Crippen LogP contribution in [0.1, 0.15) is 46.0 Å². The second kappa shape index (κ2) is 6.10. The average molecular weight is 288 g/mol. The molecule has 2 aliphatic rings. The monoisotopic (exact) mass is 288 g/mol. The topological polar surface area (TPSA) is 49.4 Å². The van der Waals surface area contributed by atoms with Gasteiger partial charge in [0.25, 0.3) is 0 Å². The Balaban J connectivity index is 2.09. The lowest BCUT2D eigenvalue weighted by Gasteiger charge is -2.40. The quantitative estimate of drug-likeness (QED) is 0.853. The van der Waals surface area contributed by atoms with E-state index >= 15 is 0 Å². The first-order valence-electron chi connectivity index (χ1n) is 7.70. The van der Waals surface area contributed by atoms with Gasteiger partial charge < -0.3 is 5.32 Å². The SMILES string of the molecule is CCC1(CC)CN(C2CCCS(=O)(=O)C2)CCCN1. The summed E-state index contributed by atoms with van der Waals surface area (Å²) < 4.78 is 23.7. The Morgan fingerprint density at radius 2 is 2.00 bits per heavy atom. The highest BCUT2D eigenvalue weighted by Gasteiger charge is 2.36. The van der Waals surface area contributed by atoms with Crippen LogP contribution in [-0.4, -0.2) is 56.0 Å². The van der Waals surface area contributed by atoms with Gasteiger partial charge in [-0.15, -0.1) is 0 Å². The molecule has 0 amide bonds. The Hall–Kier alpha value is -0.130. The van der Waals surface area contributed by atoms with Crippen molar-refractivity contribution in [1.82, 2.24) is 10.2 Å². The van der Waals surface area contributed by atoms with Gasteiger partial charge in [0, 0.05) is 18.1 Å². The molecule has 19 heavy (non-hydrogen) atoms. The van der Waals surface area contributed by atoms with E-state index in [1.165, 1.54) is 0 Å². The highest BCUT2D eigenvalue weighted by molar-refractivity contribution is 7.91. The van der Waals surface area contributed by atoms with Crippen LogP contribution in [0.5, 0.6) is 0 Å². The molecule has 1 atom stereocenters. The molecule has 0 spiro atoms. The minimum Gasteiger partial charge on any atom is -0.310 e. The second-order valence-electron chi connectivity index (χ2n) is 6.15. The minimum absolute atomic E-state index is 0.178. The Kier molecular flexibility index (Phi) is 4.90. The molecular weight excluding hydrogens is 260 g/mol. The van der Waals surface area contributed by atoms with Crippen molar-refractivity contribution in [2.45, 2.75) is 57.5 Å². The predicted molar refractivity (Wildman–Crippen MR) is 79.2 cm³/mol. The van der Waals surface area contributed by atoms with Crippen LogP contribution in [0.4, 0.5) is 0 Å². The lowest BCUT2D eigenvalue weighted by molar-refractivity contribution is 0.149. The summed E-state index contributed by atoms with van der Waals surface area (Å²) in [6.07, 6.45) is 5.22. The number of hydrogen-bond acceptors (Lipinski definition) is 4. The molecule has 2 heterocycles. The van der Waals surface area contributed by atoms with Crippen molar-refractivity contribution < 1.29 is 8.42 Å². The first-order valence-corrected chi connectivity index (χ1v) is 9.52. The number of hydrogen-bond donors (Lipinski definition) is 1. The molecule has 0 aliphatic carbocycles. The number of nitrogens with one attached hydrogen (secondary N) is 1. The van der Waals surface area contributed by atoms with Gasteiger partial charge in [-0.1, -0.05) is 13.8 Å². The summed E-state index contributed by atoms with van der Waals surface area (Å²) in [5, 5.41) is 3.69. The van der Waals surface area contributed by atoms with Gasteiger partial charge in [-0.05, 0) is 45.2 Å². The van der Waals surface area contributed by atoms with E-state index in [9.17, 15) is 8.42 Å². The van der Waals surface area contributed by atoms with Gasteiger partial charge in [0.05, 0.1) is 11.5 Å². The third-order valence-corrected chi connectivity index (χ3v) is 6.74. The molecule has 1 unspecified atom stereocenters. The number of sulfone groups is 1. The van der Waals surface area contributed by atoms with Crippen molar-refractivity contribution in [3.63, 3.8) is 0 Å². The van der Waals surface area contributed by atoms with Crippen LogP contribution >= 0.6 is 0 Å². The van der Waals surface area contributed by atoms with Crippen LogP contribution in [0.25, 0.3) is 0 Å². The number of nitrogens with zero attached hydrogens (tertiary/aromatic N) is 1. The smallest absolute Gasteiger partial charge is 0.151 e. The Morgan fingerprint density at radius 3 is 2.63 bits per heavy atom. The molecule has 5 heteroatoms. The summed E-state index contributed by atoms with van der Waals surface area (Å²) in [5.74, 6) is 0.763. The van der Waals surface area contributed by atoms with Crippen LogP contribution in [0.15, 0.2) is 0 Å². The van der Waals surface area contributed by atoms with Crippen molar-refractivity contribution >= 4 is 9.84 Å². The zero-order valence-electron chi connectivity index (χ0n) is 12.3. The largest absolute Gasteiger partial charge is 0.310 e. The van der Waals surface area contributed by atoms with Gasteiger partial charge >= 0.3 is 0 Å². The zero-order chi connectivity index (χ0) is 13.9. The molecular formula is C14H28N2O2S. The third-order valence-electron chi connectivity index (χ3n) is 4.94. The van der Waals surface area contributed by atoms with Crippen LogP contribution in [0.3, 0.4) is 0 Å². The van der Waals surface area contributed by atoms with Crippen LogP contribution in [0.2, 0.25) is 0 Å². The molecule has 0 radical (unpaired) electrons. The molecule has 2 saturated heterocycles. The summed E-state index contributed by atoms with van der Waals surface area (Å²) in [4.78, 5) is 2.45. The van der Waals surface area contributed by atoms with Gasteiger partial charge in [-0.2, -0.15) is 0 Å². The predicted octanol–water partition coefficient (Wildman–Crippen LogP) is 1.42. The Morgan fingerprint density at radius 1 is 1.26 bits per heavy atom. The standard InChI is InChI=1S/C14H28N2O2S/c1-3-14(4-2)12-16(9-6-8-15-14)13-7-5-10-19(17,18)11-13/h13,15H,3-12H2,1-2H3. The molecule has 0 aromatic carbocycles. The van der Waals surface area contributed by atoms with Gasteiger partial charge in [0.15, 0.2) is 9.84 Å². The summed E-state index contributed by atoms with van der Waals surface area (Å²) in [6, 6.07) is 0.246. The van der Waals surface area contributed by atoms with Crippen molar-refractivity contribution in [1.29, 1.82) is 0 Å². The normalized spacial score (nSPS) is 31.8. The van der Waals surface area contributed by atoms with Crippen LogP contribution < -0.4 is 5.32 Å². The first-order chi connectivity index (χ1) is 9.00. The molecule has 2 fully saturated rings. The molecule has 0 saturated carbocycles. The Labute approximate surface area is 117 Å². The molecule has 1 N–H and O–H groups in total. The maximum atomic E-state index is 11.8. The van der Waals surface area contributed by atoms with Crippen molar-refractivity contribution in [2.75, 3.05) is 31.1 Å². The lowest BCUT2D eigenvalue weighted by Crippen LogP contribution is -2.54. The van der Waals surface area contributed by atoms with Gasteiger partial charge in [-0.3, -0.25) is 4.90 Å². The molecule has 2 rings (SSSR count). The highest BCUT2D eigenvalue weighted by atomic mass is 32.2. The fraction of sp³-hybridized carbons (Fsp3) is 1.00. The Bertz CT molecular complexity index is 390. The molecule has 0 aromatic rings. The van der Waals surface area contributed by atoms with Crippen molar-refractivity contribution in [3.05, 3.63) is 0 Å². The summed E-state index contributed by atoms with van der Waals surface area (Å²) in [6.45, 7) is 7.56. The van der Waals surface area contributed by atoms with E-state index in [1.54, 1.807) is 0 Å². The summed E-state index contributed by atoms with van der Waals surface area (Å²) >= 11 is 0. The van der Waals surface area contributed by atoms with Crippen LogP contribution in [-0.2, 0) is 9.84 Å². The lowest BCUT2D eigenvalue weighted by atomic mass is 9.91. The number of rotatable bonds is 3. The van der Waals surface area contributed by atoms with Crippen LogP contribution in [0, 0.1) is 0 Å². The first kappa shape index (κ1) is 15.3. The fourth-order valence-corrected chi connectivity index (χ4v) is 5.22. The van der Waals surface area contributed by atoms with E-state index in [4.69, 9.17) is 0 Å². The third kappa shape index (κ3) is 3.70. The van der Waals surface area contributed by atoms with E-state index in [-0.39, 0.29) is 11.6 Å². The molecule has 4 nitrogen and oxygen atoms in total. The second-order valence-corrected chi connectivity index (χ2v) is 8.38. The van der Waals surface area contributed by atoms with E-state index in [1.807, 2.05) is 0 Å². The van der Waals surface area contributed by atoms with Gasteiger partial charge in [0.2, 0.25) is 0 Å². The van der Waals surface area contributed by atoms with E-state index in [2.05, 4.69) is 24.1 Å².